The number of aryl methyl sites for hydroxylation is 1. The van der Waals surface area contributed by atoms with Gasteiger partial charge in [0.25, 0.3) is 0 Å². The number of aliphatic hydroxyl groups excluding tert-OH is 1. The monoisotopic (exact) mass is 538 g/mol. The molecule has 1 aromatic carbocycles. The van der Waals surface area contributed by atoms with Gasteiger partial charge in [-0.05, 0) is 91.4 Å². The molecule has 3 heteroatoms. The largest absolute Gasteiger partial charge is 0.427 e. The molecule has 2 fully saturated rings. The molecule has 0 saturated heterocycles. The second-order valence-electron chi connectivity index (χ2n) is 13.6. The molecule has 3 aliphatic rings. The number of esters is 1. The third-order valence-corrected chi connectivity index (χ3v) is 10.9. The van der Waals surface area contributed by atoms with E-state index in [9.17, 15) is 9.90 Å². The molecule has 220 valence electrons. The third-order valence-electron chi connectivity index (χ3n) is 10.9. The van der Waals surface area contributed by atoms with Crippen LogP contribution in [0.5, 0.6) is 5.75 Å². The van der Waals surface area contributed by atoms with Crippen LogP contribution in [0.25, 0.3) is 0 Å². The average Bonchev–Trinajstić information content (AvgIpc) is 3.24. The van der Waals surface area contributed by atoms with Crippen LogP contribution in [0.2, 0.25) is 0 Å². The van der Waals surface area contributed by atoms with Crippen LogP contribution in [0.4, 0.5) is 0 Å². The third kappa shape index (κ3) is 8.34. The van der Waals surface area contributed by atoms with Gasteiger partial charge in [-0.15, -0.1) is 0 Å². The first kappa shape index (κ1) is 30.6. The van der Waals surface area contributed by atoms with Crippen molar-refractivity contribution in [3.8, 4) is 5.75 Å². The molecule has 0 amide bonds. The maximum Gasteiger partial charge on any atom is 0.311 e. The van der Waals surface area contributed by atoms with E-state index in [1.54, 1.807) is 0 Å². The van der Waals surface area contributed by atoms with Crippen molar-refractivity contribution < 1.29 is 14.6 Å². The Kier molecular flexibility index (Phi) is 12.2. The summed E-state index contributed by atoms with van der Waals surface area (Å²) in [7, 11) is 0. The Morgan fingerprint density at radius 2 is 1.46 bits per heavy atom. The summed E-state index contributed by atoms with van der Waals surface area (Å²) in [6.07, 6.45) is 27.2. The molecule has 3 nitrogen and oxygen atoms in total. The quantitative estimate of drug-likeness (QED) is 0.122. The molecular formula is C36H58O3. The van der Waals surface area contributed by atoms with Crippen LogP contribution in [-0.2, 0) is 11.2 Å². The number of fused-ring (bicyclic) bond motifs is 5. The van der Waals surface area contributed by atoms with E-state index in [1.807, 2.05) is 6.07 Å². The number of aliphatic hydroxyl groups is 1. The number of hydrogen-bond donors (Lipinski definition) is 1. The topological polar surface area (TPSA) is 46.5 Å². The van der Waals surface area contributed by atoms with Crippen molar-refractivity contribution >= 4 is 5.97 Å². The van der Waals surface area contributed by atoms with Gasteiger partial charge in [-0.3, -0.25) is 4.79 Å². The Balaban J connectivity index is 1.06. The first-order valence-corrected chi connectivity index (χ1v) is 17.0. The van der Waals surface area contributed by atoms with Gasteiger partial charge in [-0.2, -0.15) is 0 Å². The van der Waals surface area contributed by atoms with Gasteiger partial charge in [0.2, 0.25) is 0 Å². The molecule has 0 radical (unpaired) electrons. The fraction of sp³-hybridized carbons (Fsp3) is 0.806. The summed E-state index contributed by atoms with van der Waals surface area (Å²) in [5.41, 5.74) is 2.99. The Morgan fingerprint density at radius 3 is 2.10 bits per heavy atom. The van der Waals surface area contributed by atoms with E-state index in [-0.39, 0.29) is 17.5 Å². The second kappa shape index (κ2) is 15.6. The highest BCUT2D eigenvalue weighted by molar-refractivity contribution is 5.72. The smallest absolute Gasteiger partial charge is 0.311 e. The molecule has 0 aromatic heterocycles. The van der Waals surface area contributed by atoms with E-state index in [4.69, 9.17) is 4.74 Å². The van der Waals surface area contributed by atoms with Gasteiger partial charge in [0.1, 0.15) is 5.75 Å². The van der Waals surface area contributed by atoms with Gasteiger partial charge < -0.3 is 9.84 Å². The zero-order valence-corrected chi connectivity index (χ0v) is 25.4. The fourth-order valence-corrected chi connectivity index (χ4v) is 8.42. The van der Waals surface area contributed by atoms with E-state index in [2.05, 4.69) is 26.0 Å². The molecule has 1 aromatic rings. The number of rotatable bonds is 17. The van der Waals surface area contributed by atoms with Gasteiger partial charge in [-0.25, -0.2) is 0 Å². The van der Waals surface area contributed by atoms with E-state index >= 15 is 0 Å². The maximum absolute atomic E-state index is 12.5. The van der Waals surface area contributed by atoms with E-state index < -0.39 is 0 Å². The van der Waals surface area contributed by atoms with Crippen LogP contribution in [0, 0.1) is 17.3 Å². The number of hydrogen-bond acceptors (Lipinski definition) is 3. The first-order chi connectivity index (χ1) is 19.0. The molecule has 0 spiro atoms. The van der Waals surface area contributed by atoms with Crippen molar-refractivity contribution in [2.45, 2.75) is 167 Å². The molecule has 2 saturated carbocycles. The Bertz CT molecular complexity index is 878. The number of carbonyl (C=O) groups is 1. The lowest BCUT2D eigenvalue weighted by Crippen LogP contribution is -2.43. The molecule has 0 aliphatic heterocycles. The molecule has 1 N–H and O–H groups in total. The standard InChI is InChI=1S/C36H58O3/c1-3-4-5-6-7-8-9-10-11-12-13-14-15-16-17-18-35(38)39-29-20-22-30-28(27-29)19-21-32-31(30)25-26-36(2)33(32)23-24-34(36)37/h20,22,27,31-34,37H,3-19,21,23-26H2,1-2H3/t31-,32-,33+,34+,36+/m1/s1. The number of benzene rings is 1. The molecule has 5 atom stereocenters. The highest BCUT2D eigenvalue weighted by atomic mass is 16.5. The number of carbonyl (C=O) groups excluding carboxylic acids is 1. The van der Waals surface area contributed by atoms with Crippen molar-refractivity contribution in [1.29, 1.82) is 0 Å². The minimum atomic E-state index is -0.115. The Morgan fingerprint density at radius 1 is 0.846 bits per heavy atom. The van der Waals surface area contributed by atoms with Crippen LogP contribution >= 0.6 is 0 Å². The summed E-state index contributed by atoms with van der Waals surface area (Å²) < 4.78 is 5.76. The molecule has 3 aliphatic carbocycles. The SMILES string of the molecule is CCCCCCCCCCCCCCCCCC(=O)Oc1ccc2c(c1)CC[C@@H]1[C@@H]2CC[C@]2(C)[C@@H](O)CC[C@@H]12. The van der Waals surface area contributed by atoms with E-state index in [0.717, 1.165) is 37.9 Å². The summed E-state index contributed by atoms with van der Waals surface area (Å²) in [6.45, 7) is 4.62. The number of ether oxygens (including phenoxy) is 1. The zero-order valence-electron chi connectivity index (χ0n) is 25.4. The highest BCUT2D eigenvalue weighted by Crippen LogP contribution is 2.60. The predicted octanol–water partition coefficient (Wildman–Crippen LogP) is 10.1. The van der Waals surface area contributed by atoms with Crippen molar-refractivity contribution in [3.05, 3.63) is 29.3 Å². The van der Waals surface area contributed by atoms with Crippen molar-refractivity contribution in [3.63, 3.8) is 0 Å². The van der Waals surface area contributed by atoms with Crippen LogP contribution in [0.1, 0.15) is 166 Å². The predicted molar refractivity (Wildman–Crippen MR) is 162 cm³/mol. The van der Waals surface area contributed by atoms with Crippen molar-refractivity contribution in [2.75, 3.05) is 0 Å². The molecule has 39 heavy (non-hydrogen) atoms. The van der Waals surface area contributed by atoms with Crippen molar-refractivity contribution in [1.82, 2.24) is 0 Å². The van der Waals surface area contributed by atoms with Crippen LogP contribution < -0.4 is 4.74 Å². The molecule has 0 unspecified atom stereocenters. The van der Waals surface area contributed by atoms with Gasteiger partial charge in [0.05, 0.1) is 6.10 Å². The lowest BCUT2D eigenvalue weighted by atomic mass is 9.55. The minimum absolute atomic E-state index is 0.0771. The van der Waals surface area contributed by atoms with E-state index in [1.165, 1.54) is 114 Å². The van der Waals surface area contributed by atoms with Crippen molar-refractivity contribution in [2.24, 2.45) is 17.3 Å². The van der Waals surface area contributed by atoms with Crippen LogP contribution in [0.15, 0.2) is 18.2 Å². The molecule has 0 heterocycles. The van der Waals surface area contributed by atoms with E-state index in [0.29, 0.717) is 24.2 Å². The maximum atomic E-state index is 12.5. The lowest BCUT2D eigenvalue weighted by Gasteiger charge is -2.50. The molecule has 0 bridgehead atoms. The summed E-state index contributed by atoms with van der Waals surface area (Å²) in [4.78, 5) is 12.5. The molecule has 4 rings (SSSR count). The number of unbranched alkanes of at least 4 members (excludes halogenated alkanes) is 14. The summed E-state index contributed by atoms with van der Waals surface area (Å²) in [5, 5.41) is 10.6. The Hall–Kier alpha value is -1.35. The fourth-order valence-electron chi connectivity index (χ4n) is 8.42. The van der Waals surface area contributed by atoms with Gasteiger partial charge in [-0.1, -0.05) is 110 Å². The van der Waals surface area contributed by atoms with Gasteiger partial charge in [0.15, 0.2) is 0 Å². The van der Waals surface area contributed by atoms with Crippen LogP contribution in [-0.4, -0.2) is 17.2 Å². The minimum Gasteiger partial charge on any atom is -0.427 e. The van der Waals surface area contributed by atoms with Gasteiger partial charge >= 0.3 is 5.97 Å². The summed E-state index contributed by atoms with van der Waals surface area (Å²) >= 11 is 0. The molecular weight excluding hydrogens is 480 g/mol. The Labute approximate surface area is 239 Å². The second-order valence-corrected chi connectivity index (χ2v) is 13.6. The highest BCUT2D eigenvalue weighted by Gasteiger charge is 2.54. The average molecular weight is 539 g/mol. The summed E-state index contributed by atoms with van der Waals surface area (Å²) in [6, 6.07) is 6.42. The van der Waals surface area contributed by atoms with Crippen LogP contribution in [0.3, 0.4) is 0 Å². The normalized spacial score (nSPS) is 27.6. The van der Waals surface area contributed by atoms with Gasteiger partial charge in [0, 0.05) is 6.42 Å². The lowest BCUT2D eigenvalue weighted by molar-refractivity contribution is -0.134. The summed E-state index contributed by atoms with van der Waals surface area (Å²) in [5.74, 6) is 2.63. The first-order valence-electron chi connectivity index (χ1n) is 17.0. The zero-order chi connectivity index (χ0) is 27.5.